The third-order valence-electron chi connectivity index (χ3n) is 2.47. The first-order valence-electron chi connectivity index (χ1n) is 5.64. The predicted molar refractivity (Wildman–Crippen MR) is 67.2 cm³/mol. The van der Waals surface area contributed by atoms with Crippen LogP contribution >= 0.6 is 0 Å². The second kappa shape index (κ2) is 5.22. The first kappa shape index (κ1) is 13.3. The molecule has 0 saturated carbocycles. The van der Waals surface area contributed by atoms with Gasteiger partial charge in [-0.2, -0.15) is 13.2 Å². The molecule has 2 aromatic rings. The van der Waals surface area contributed by atoms with Gasteiger partial charge in [0.15, 0.2) is 5.82 Å². The molecule has 0 bridgehead atoms. The minimum atomic E-state index is -4.46. The Labute approximate surface area is 108 Å². The summed E-state index contributed by atoms with van der Waals surface area (Å²) in [4.78, 5) is 7.41. The Kier molecular flexibility index (Phi) is 3.64. The fourth-order valence-corrected chi connectivity index (χ4v) is 1.59. The second-order valence-corrected chi connectivity index (χ2v) is 3.89. The summed E-state index contributed by atoms with van der Waals surface area (Å²) in [6, 6.07) is 7.87. The van der Waals surface area contributed by atoms with E-state index in [1.165, 1.54) is 0 Å². The molecule has 0 fully saturated rings. The number of aromatic nitrogens is 2. The SMILES string of the molecule is C/C=C/c1ccc(-c2nccc(C(F)(F)F)n2)cc1. The molecule has 0 aliphatic carbocycles. The highest BCUT2D eigenvalue weighted by Crippen LogP contribution is 2.28. The number of halogens is 3. The van der Waals surface area contributed by atoms with Gasteiger partial charge in [0.2, 0.25) is 0 Å². The van der Waals surface area contributed by atoms with E-state index in [0.29, 0.717) is 5.56 Å². The van der Waals surface area contributed by atoms with Crippen molar-refractivity contribution in [1.82, 2.24) is 9.97 Å². The molecule has 0 aliphatic heterocycles. The predicted octanol–water partition coefficient (Wildman–Crippen LogP) is 4.20. The molecule has 0 aliphatic rings. The highest BCUT2D eigenvalue weighted by atomic mass is 19.4. The summed E-state index contributed by atoms with van der Waals surface area (Å²) < 4.78 is 37.6. The Bertz CT molecular complexity index is 586. The van der Waals surface area contributed by atoms with Crippen LogP contribution in [0.5, 0.6) is 0 Å². The Balaban J connectivity index is 2.36. The van der Waals surface area contributed by atoms with Crippen molar-refractivity contribution in [1.29, 1.82) is 0 Å². The molecule has 19 heavy (non-hydrogen) atoms. The van der Waals surface area contributed by atoms with Crippen molar-refractivity contribution >= 4 is 6.08 Å². The Morgan fingerprint density at radius 1 is 1.05 bits per heavy atom. The van der Waals surface area contributed by atoms with Gasteiger partial charge < -0.3 is 0 Å². The van der Waals surface area contributed by atoms with Crippen molar-refractivity contribution in [2.45, 2.75) is 13.1 Å². The average molecular weight is 264 g/mol. The average Bonchev–Trinajstić information content (AvgIpc) is 2.39. The van der Waals surface area contributed by atoms with Crippen molar-refractivity contribution in [2.75, 3.05) is 0 Å². The second-order valence-electron chi connectivity index (χ2n) is 3.89. The largest absolute Gasteiger partial charge is 0.433 e. The van der Waals surface area contributed by atoms with Crippen LogP contribution in [0, 0.1) is 0 Å². The quantitative estimate of drug-likeness (QED) is 0.812. The van der Waals surface area contributed by atoms with Crippen LogP contribution in [0.4, 0.5) is 13.2 Å². The van der Waals surface area contributed by atoms with Gasteiger partial charge in [-0.1, -0.05) is 36.4 Å². The van der Waals surface area contributed by atoms with Crippen molar-refractivity contribution in [3.63, 3.8) is 0 Å². The number of hydrogen-bond donors (Lipinski definition) is 0. The van der Waals surface area contributed by atoms with Crippen molar-refractivity contribution < 1.29 is 13.2 Å². The van der Waals surface area contributed by atoms with E-state index in [1.807, 2.05) is 19.1 Å². The highest BCUT2D eigenvalue weighted by Gasteiger charge is 2.32. The van der Waals surface area contributed by atoms with Gasteiger partial charge in [-0.15, -0.1) is 0 Å². The topological polar surface area (TPSA) is 25.8 Å². The standard InChI is InChI=1S/C14H11F3N2/c1-2-3-10-4-6-11(7-5-10)13-18-9-8-12(19-13)14(15,16)17/h2-9H,1H3/b3-2+. The van der Waals surface area contributed by atoms with Gasteiger partial charge in [-0.05, 0) is 18.6 Å². The first-order valence-corrected chi connectivity index (χ1v) is 5.64. The van der Waals surface area contributed by atoms with Crippen LogP contribution in [-0.4, -0.2) is 9.97 Å². The molecule has 1 aromatic heterocycles. The monoisotopic (exact) mass is 264 g/mol. The Hall–Kier alpha value is -2.17. The molecule has 0 radical (unpaired) electrons. The van der Waals surface area contributed by atoms with Gasteiger partial charge in [-0.3, -0.25) is 0 Å². The van der Waals surface area contributed by atoms with Crippen molar-refractivity contribution in [2.24, 2.45) is 0 Å². The normalized spacial score (nSPS) is 12.0. The van der Waals surface area contributed by atoms with Gasteiger partial charge in [0.25, 0.3) is 0 Å². The molecule has 0 spiro atoms. The summed E-state index contributed by atoms with van der Waals surface area (Å²) in [7, 11) is 0. The van der Waals surface area contributed by atoms with E-state index in [2.05, 4.69) is 9.97 Å². The van der Waals surface area contributed by atoms with Crippen LogP contribution in [0.1, 0.15) is 18.2 Å². The smallest absolute Gasteiger partial charge is 0.237 e. The number of allylic oxidation sites excluding steroid dienone is 1. The van der Waals surface area contributed by atoms with Gasteiger partial charge in [0.05, 0.1) is 0 Å². The maximum atomic E-state index is 12.5. The van der Waals surface area contributed by atoms with E-state index in [4.69, 9.17) is 0 Å². The third kappa shape index (κ3) is 3.19. The molecule has 0 amide bonds. The van der Waals surface area contributed by atoms with Crippen LogP contribution in [0.25, 0.3) is 17.5 Å². The molecule has 5 heteroatoms. The number of alkyl halides is 3. The highest BCUT2D eigenvalue weighted by molar-refractivity contribution is 5.59. The first-order chi connectivity index (χ1) is 9.00. The van der Waals surface area contributed by atoms with E-state index >= 15 is 0 Å². The number of nitrogens with zero attached hydrogens (tertiary/aromatic N) is 2. The van der Waals surface area contributed by atoms with Gasteiger partial charge in [0, 0.05) is 11.8 Å². The fourth-order valence-electron chi connectivity index (χ4n) is 1.59. The zero-order chi connectivity index (χ0) is 13.9. The Morgan fingerprint density at radius 3 is 2.32 bits per heavy atom. The molecule has 0 atom stereocenters. The molecule has 0 unspecified atom stereocenters. The Morgan fingerprint density at radius 2 is 1.74 bits per heavy atom. The van der Waals surface area contributed by atoms with Crippen LogP contribution in [0.2, 0.25) is 0 Å². The van der Waals surface area contributed by atoms with E-state index in [-0.39, 0.29) is 5.82 Å². The maximum Gasteiger partial charge on any atom is 0.433 e. The van der Waals surface area contributed by atoms with Crippen LogP contribution in [-0.2, 0) is 6.18 Å². The lowest BCUT2D eigenvalue weighted by atomic mass is 10.1. The molecule has 1 heterocycles. The van der Waals surface area contributed by atoms with E-state index in [9.17, 15) is 13.2 Å². The summed E-state index contributed by atoms with van der Waals surface area (Å²) >= 11 is 0. The van der Waals surface area contributed by atoms with Crippen LogP contribution in [0.3, 0.4) is 0 Å². The minimum Gasteiger partial charge on any atom is -0.237 e. The number of hydrogen-bond acceptors (Lipinski definition) is 2. The van der Waals surface area contributed by atoms with Crippen LogP contribution in [0.15, 0.2) is 42.6 Å². The van der Waals surface area contributed by atoms with E-state index in [1.54, 1.807) is 24.3 Å². The molecular formula is C14H11F3N2. The molecule has 0 N–H and O–H groups in total. The lowest BCUT2D eigenvalue weighted by molar-refractivity contribution is -0.141. The zero-order valence-electron chi connectivity index (χ0n) is 10.1. The molecule has 0 saturated heterocycles. The summed E-state index contributed by atoms with van der Waals surface area (Å²) in [5, 5.41) is 0. The third-order valence-corrected chi connectivity index (χ3v) is 2.47. The van der Waals surface area contributed by atoms with Crippen molar-refractivity contribution in [3.05, 3.63) is 53.9 Å². The number of benzene rings is 1. The summed E-state index contributed by atoms with van der Waals surface area (Å²) in [5.41, 5.74) is 0.590. The lowest BCUT2D eigenvalue weighted by Gasteiger charge is -2.07. The van der Waals surface area contributed by atoms with Gasteiger partial charge >= 0.3 is 6.18 Å². The lowest BCUT2D eigenvalue weighted by Crippen LogP contribution is -2.08. The summed E-state index contributed by atoms with van der Waals surface area (Å²) in [5.74, 6) is 0.0712. The van der Waals surface area contributed by atoms with E-state index < -0.39 is 11.9 Å². The van der Waals surface area contributed by atoms with Gasteiger partial charge in [0.1, 0.15) is 5.69 Å². The van der Waals surface area contributed by atoms with Crippen LogP contribution < -0.4 is 0 Å². The summed E-state index contributed by atoms with van der Waals surface area (Å²) in [6.07, 6.45) is 0.445. The summed E-state index contributed by atoms with van der Waals surface area (Å²) in [6.45, 7) is 1.89. The van der Waals surface area contributed by atoms with E-state index in [0.717, 1.165) is 17.8 Å². The minimum absolute atomic E-state index is 0.0712. The molecule has 2 rings (SSSR count). The zero-order valence-corrected chi connectivity index (χ0v) is 10.1. The fraction of sp³-hybridized carbons (Fsp3) is 0.143. The molecular weight excluding hydrogens is 253 g/mol. The molecule has 2 nitrogen and oxygen atoms in total. The molecule has 1 aromatic carbocycles. The van der Waals surface area contributed by atoms with Gasteiger partial charge in [-0.25, -0.2) is 9.97 Å². The number of rotatable bonds is 2. The van der Waals surface area contributed by atoms with Crippen molar-refractivity contribution in [3.8, 4) is 11.4 Å². The maximum absolute atomic E-state index is 12.5. The molecule has 98 valence electrons.